The van der Waals surface area contributed by atoms with E-state index in [1.807, 2.05) is 6.20 Å². The summed E-state index contributed by atoms with van der Waals surface area (Å²) in [6.07, 6.45) is 7.88. The van der Waals surface area contributed by atoms with Crippen LogP contribution in [0.25, 0.3) is 0 Å². The van der Waals surface area contributed by atoms with Gasteiger partial charge in [0.05, 0.1) is 5.69 Å². The van der Waals surface area contributed by atoms with Crippen molar-refractivity contribution >= 4 is 0 Å². The molecule has 1 heterocycles. The van der Waals surface area contributed by atoms with Crippen LogP contribution in [0.2, 0.25) is 0 Å². The minimum Gasteiger partial charge on any atom is -0.308 e. The smallest absolute Gasteiger partial charge is 0.0724 e. The molecule has 2 unspecified atom stereocenters. The molecule has 1 aliphatic carbocycles. The molecule has 1 aromatic heterocycles. The first-order valence-electron chi connectivity index (χ1n) is 4.88. The standard InChI is InChI=1S/C10H15N3/c1-2-8-5-10(8)13-7-9-6-11-3-4-12-9/h3-4,6,8,10,13H,2,5,7H2,1H3. The molecule has 0 amide bonds. The van der Waals surface area contributed by atoms with E-state index in [0.29, 0.717) is 0 Å². The molecule has 1 fully saturated rings. The van der Waals surface area contributed by atoms with Gasteiger partial charge in [0.15, 0.2) is 0 Å². The second-order valence-electron chi connectivity index (χ2n) is 3.59. The van der Waals surface area contributed by atoms with Crippen LogP contribution >= 0.6 is 0 Å². The summed E-state index contributed by atoms with van der Waals surface area (Å²) in [4.78, 5) is 8.22. The maximum atomic E-state index is 4.20. The number of hydrogen-bond acceptors (Lipinski definition) is 3. The molecule has 0 aliphatic heterocycles. The van der Waals surface area contributed by atoms with E-state index in [9.17, 15) is 0 Å². The fourth-order valence-corrected chi connectivity index (χ4v) is 1.61. The Balaban J connectivity index is 1.75. The molecular formula is C10H15N3. The van der Waals surface area contributed by atoms with Gasteiger partial charge in [0, 0.05) is 31.2 Å². The quantitative estimate of drug-likeness (QED) is 0.754. The van der Waals surface area contributed by atoms with Crippen molar-refractivity contribution in [3.05, 3.63) is 24.3 Å². The molecule has 0 radical (unpaired) electrons. The zero-order chi connectivity index (χ0) is 9.10. The molecule has 2 atom stereocenters. The monoisotopic (exact) mass is 177 g/mol. The average molecular weight is 177 g/mol. The molecule has 3 heteroatoms. The Morgan fingerprint density at radius 1 is 1.54 bits per heavy atom. The molecule has 0 spiro atoms. The summed E-state index contributed by atoms with van der Waals surface area (Å²) >= 11 is 0. The van der Waals surface area contributed by atoms with Crippen molar-refractivity contribution in [2.24, 2.45) is 5.92 Å². The van der Waals surface area contributed by atoms with Gasteiger partial charge in [0.2, 0.25) is 0 Å². The van der Waals surface area contributed by atoms with Crippen LogP contribution in [0.1, 0.15) is 25.5 Å². The van der Waals surface area contributed by atoms with Gasteiger partial charge in [0.1, 0.15) is 0 Å². The zero-order valence-corrected chi connectivity index (χ0v) is 7.90. The third kappa shape index (κ3) is 2.25. The van der Waals surface area contributed by atoms with Crippen LogP contribution in [-0.2, 0) is 6.54 Å². The molecule has 2 rings (SSSR count). The lowest BCUT2D eigenvalue weighted by molar-refractivity contribution is 0.614. The summed E-state index contributed by atoms with van der Waals surface area (Å²) in [5.74, 6) is 0.900. The maximum absolute atomic E-state index is 4.20. The van der Waals surface area contributed by atoms with Crippen LogP contribution in [0.3, 0.4) is 0 Å². The van der Waals surface area contributed by atoms with Gasteiger partial charge < -0.3 is 5.32 Å². The van der Waals surface area contributed by atoms with Crippen molar-refractivity contribution in [3.63, 3.8) is 0 Å². The normalized spacial score (nSPS) is 25.9. The number of nitrogens with one attached hydrogen (secondary N) is 1. The minimum atomic E-state index is 0.729. The Morgan fingerprint density at radius 2 is 2.46 bits per heavy atom. The van der Waals surface area contributed by atoms with Crippen molar-refractivity contribution in [1.82, 2.24) is 15.3 Å². The summed E-state index contributed by atoms with van der Waals surface area (Å²) in [5, 5.41) is 3.47. The lowest BCUT2D eigenvalue weighted by atomic mass is 10.3. The first-order chi connectivity index (χ1) is 6.40. The van der Waals surface area contributed by atoms with Gasteiger partial charge in [-0.05, 0) is 12.3 Å². The van der Waals surface area contributed by atoms with Crippen molar-refractivity contribution in [3.8, 4) is 0 Å². The van der Waals surface area contributed by atoms with Gasteiger partial charge in [0.25, 0.3) is 0 Å². The molecule has 1 saturated carbocycles. The Labute approximate surface area is 78.6 Å². The molecule has 3 nitrogen and oxygen atoms in total. The van der Waals surface area contributed by atoms with Crippen LogP contribution in [-0.4, -0.2) is 16.0 Å². The highest BCUT2D eigenvalue weighted by molar-refractivity contribution is 4.98. The van der Waals surface area contributed by atoms with Crippen LogP contribution < -0.4 is 5.32 Å². The van der Waals surface area contributed by atoms with Crippen molar-refractivity contribution in [2.45, 2.75) is 32.4 Å². The van der Waals surface area contributed by atoms with E-state index >= 15 is 0 Å². The lowest BCUT2D eigenvalue weighted by Crippen LogP contribution is -2.18. The van der Waals surface area contributed by atoms with E-state index in [4.69, 9.17) is 0 Å². The van der Waals surface area contributed by atoms with E-state index in [-0.39, 0.29) is 0 Å². The number of hydrogen-bond donors (Lipinski definition) is 1. The molecular weight excluding hydrogens is 162 g/mol. The summed E-state index contributed by atoms with van der Waals surface area (Å²) < 4.78 is 0. The molecule has 0 aromatic carbocycles. The molecule has 0 bridgehead atoms. The van der Waals surface area contributed by atoms with Gasteiger partial charge in [-0.25, -0.2) is 0 Å². The van der Waals surface area contributed by atoms with E-state index in [1.165, 1.54) is 12.8 Å². The molecule has 1 N–H and O–H groups in total. The predicted molar refractivity (Wildman–Crippen MR) is 51.1 cm³/mol. The Bertz CT molecular complexity index is 260. The van der Waals surface area contributed by atoms with Crippen molar-refractivity contribution in [1.29, 1.82) is 0 Å². The number of nitrogens with zero attached hydrogens (tertiary/aromatic N) is 2. The Morgan fingerprint density at radius 3 is 3.08 bits per heavy atom. The van der Waals surface area contributed by atoms with Gasteiger partial charge in [-0.3, -0.25) is 9.97 Å². The SMILES string of the molecule is CCC1CC1NCc1cnccn1. The first-order valence-corrected chi connectivity index (χ1v) is 4.88. The first kappa shape index (κ1) is 8.63. The van der Waals surface area contributed by atoms with Gasteiger partial charge >= 0.3 is 0 Å². The van der Waals surface area contributed by atoms with Crippen LogP contribution in [0.5, 0.6) is 0 Å². The highest BCUT2D eigenvalue weighted by Crippen LogP contribution is 2.33. The lowest BCUT2D eigenvalue weighted by Gasteiger charge is -2.01. The van der Waals surface area contributed by atoms with E-state index in [0.717, 1.165) is 24.2 Å². The molecule has 13 heavy (non-hydrogen) atoms. The summed E-state index contributed by atoms with van der Waals surface area (Å²) in [5.41, 5.74) is 1.03. The Hall–Kier alpha value is -0.960. The highest BCUT2D eigenvalue weighted by Gasteiger charge is 2.34. The van der Waals surface area contributed by atoms with Crippen molar-refractivity contribution in [2.75, 3.05) is 0 Å². The van der Waals surface area contributed by atoms with Gasteiger partial charge in [-0.1, -0.05) is 13.3 Å². The van der Waals surface area contributed by atoms with Crippen LogP contribution in [0, 0.1) is 5.92 Å². The van der Waals surface area contributed by atoms with E-state index in [1.54, 1.807) is 12.4 Å². The minimum absolute atomic E-state index is 0.729. The topological polar surface area (TPSA) is 37.8 Å². The highest BCUT2D eigenvalue weighted by atomic mass is 15.0. The number of rotatable bonds is 4. The fraction of sp³-hybridized carbons (Fsp3) is 0.600. The molecule has 0 saturated heterocycles. The largest absolute Gasteiger partial charge is 0.308 e. The zero-order valence-electron chi connectivity index (χ0n) is 7.90. The number of aromatic nitrogens is 2. The third-order valence-corrected chi connectivity index (χ3v) is 2.61. The second kappa shape index (κ2) is 3.83. The second-order valence-corrected chi connectivity index (χ2v) is 3.59. The van der Waals surface area contributed by atoms with Crippen LogP contribution in [0.4, 0.5) is 0 Å². The van der Waals surface area contributed by atoms with Crippen molar-refractivity contribution < 1.29 is 0 Å². The van der Waals surface area contributed by atoms with E-state index in [2.05, 4.69) is 22.2 Å². The molecule has 1 aliphatic rings. The van der Waals surface area contributed by atoms with E-state index < -0.39 is 0 Å². The predicted octanol–water partition coefficient (Wildman–Crippen LogP) is 1.36. The maximum Gasteiger partial charge on any atom is 0.0724 e. The van der Waals surface area contributed by atoms with Gasteiger partial charge in [-0.15, -0.1) is 0 Å². The summed E-state index contributed by atoms with van der Waals surface area (Å²) in [7, 11) is 0. The van der Waals surface area contributed by atoms with Gasteiger partial charge in [-0.2, -0.15) is 0 Å². The third-order valence-electron chi connectivity index (χ3n) is 2.61. The fourth-order valence-electron chi connectivity index (χ4n) is 1.61. The summed E-state index contributed by atoms with van der Waals surface area (Å²) in [6.45, 7) is 3.10. The van der Waals surface area contributed by atoms with Crippen LogP contribution in [0.15, 0.2) is 18.6 Å². The molecule has 1 aromatic rings. The Kier molecular flexibility index (Phi) is 2.54. The average Bonchev–Trinajstić information content (AvgIpc) is 2.95. The summed E-state index contributed by atoms with van der Waals surface area (Å²) in [6, 6.07) is 0.729. The molecule has 70 valence electrons.